The molecule has 0 radical (unpaired) electrons. The molecule has 1 aromatic carbocycles. The molecule has 2 N–H and O–H groups in total. The van der Waals surface area contributed by atoms with Gasteiger partial charge in [0.2, 0.25) is 0 Å². The molecule has 1 saturated carbocycles. The minimum Gasteiger partial charge on any atom is -0.366 e. The first-order valence-corrected chi connectivity index (χ1v) is 7.89. The molecule has 3 rings (SSSR count). The zero-order chi connectivity index (χ0) is 13.2. The molecule has 0 bridgehead atoms. The van der Waals surface area contributed by atoms with Crippen LogP contribution in [-0.4, -0.2) is 18.6 Å². The molecule has 1 heterocycles. The van der Waals surface area contributed by atoms with E-state index in [0.717, 1.165) is 18.9 Å². The van der Waals surface area contributed by atoms with Gasteiger partial charge in [0.05, 0.1) is 0 Å². The van der Waals surface area contributed by atoms with Crippen LogP contribution in [0.25, 0.3) is 0 Å². The second kappa shape index (κ2) is 5.54. The first kappa shape index (κ1) is 13.0. The number of benzene rings is 1. The van der Waals surface area contributed by atoms with Crippen molar-refractivity contribution in [2.75, 3.05) is 11.4 Å². The fourth-order valence-corrected chi connectivity index (χ4v) is 4.05. The average Bonchev–Trinajstić information content (AvgIpc) is 2.46. The molecule has 2 aliphatic rings. The van der Waals surface area contributed by atoms with E-state index >= 15 is 0 Å². The van der Waals surface area contributed by atoms with E-state index < -0.39 is 0 Å². The predicted molar refractivity (Wildman–Crippen MR) is 81.5 cm³/mol. The molecule has 19 heavy (non-hydrogen) atoms. The van der Waals surface area contributed by atoms with Gasteiger partial charge in [-0.05, 0) is 36.8 Å². The van der Waals surface area contributed by atoms with E-state index in [1.54, 1.807) is 0 Å². The summed E-state index contributed by atoms with van der Waals surface area (Å²) in [6.45, 7) is 3.39. The van der Waals surface area contributed by atoms with Crippen molar-refractivity contribution in [1.29, 1.82) is 0 Å². The summed E-state index contributed by atoms with van der Waals surface area (Å²) in [7, 11) is 0. The highest BCUT2D eigenvalue weighted by molar-refractivity contribution is 5.57. The standard InChI is InChI=1S/C17H26N2/c1-2-13-7-3-5-9-16(13)19-12-15(18)11-14-8-4-6-10-17(14)19/h4,6,8,10,13,15-16H,2-3,5,7,9,11-12,18H2,1H3. The Balaban J connectivity index is 1.91. The highest BCUT2D eigenvalue weighted by Crippen LogP contribution is 2.36. The predicted octanol–water partition coefficient (Wildman–Crippen LogP) is 3.35. The second-order valence-corrected chi connectivity index (χ2v) is 6.27. The van der Waals surface area contributed by atoms with E-state index in [9.17, 15) is 0 Å². The summed E-state index contributed by atoms with van der Waals surface area (Å²) >= 11 is 0. The van der Waals surface area contributed by atoms with Crippen LogP contribution in [0.2, 0.25) is 0 Å². The third-order valence-corrected chi connectivity index (χ3v) is 5.01. The molecule has 3 atom stereocenters. The van der Waals surface area contributed by atoms with Gasteiger partial charge < -0.3 is 10.6 Å². The number of nitrogens with two attached hydrogens (primary N) is 1. The lowest BCUT2D eigenvalue weighted by molar-refractivity contribution is 0.279. The normalized spacial score (nSPS) is 31.1. The molecule has 2 heteroatoms. The third-order valence-electron chi connectivity index (χ3n) is 5.01. The lowest BCUT2D eigenvalue weighted by atomic mass is 9.80. The smallest absolute Gasteiger partial charge is 0.0402 e. The minimum absolute atomic E-state index is 0.300. The first-order chi connectivity index (χ1) is 9.29. The molecule has 1 fully saturated rings. The number of hydrogen-bond donors (Lipinski definition) is 1. The minimum atomic E-state index is 0.300. The van der Waals surface area contributed by atoms with Gasteiger partial charge >= 0.3 is 0 Å². The van der Waals surface area contributed by atoms with Crippen molar-refractivity contribution in [3.63, 3.8) is 0 Å². The van der Waals surface area contributed by atoms with Gasteiger partial charge in [-0.2, -0.15) is 0 Å². The quantitative estimate of drug-likeness (QED) is 0.881. The summed E-state index contributed by atoms with van der Waals surface area (Å²) in [4.78, 5) is 2.64. The van der Waals surface area contributed by atoms with Gasteiger partial charge in [0.15, 0.2) is 0 Å². The number of anilines is 1. The second-order valence-electron chi connectivity index (χ2n) is 6.27. The van der Waals surface area contributed by atoms with E-state index in [2.05, 4.69) is 36.1 Å². The number of rotatable bonds is 2. The summed E-state index contributed by atoms with van der Waals surface area (Å²) in [6, 6.07) is 9.88. The number of hydrogen-bond acceptors (Lipinski definition) is 2. The molecule has 1 aliphatic heterocycles. The molecule has 1 aromatic rings. The zero-order valence-corrected chi connectivity index (χ0v) is 12.0. The van der Waals surface area contributed by atoms with E-state index in [1.165, 1.54) is 43.4 Å². The number of nitrogens with zero attached hydrogens (tertiary/aromatic N) is 1. The number of para-hydroxylation sites is 1. The van der Waals surface area contributed by atoms with Gasteiger partial charge in [0, 0.05) is 24.3 Å². The maximum atomic E-state index is 6.29. The molecule has 1 aliphatic carbocycles. The van der Waals surface area contributed by atoms with Crippen LogP contribution in [0.5, 0.6) is 0 Å². The average molecular weight is 258 g/mol. The fraction of sp³-hybridized carbons (Fsp3) is 0.647. The molecular formula is C17H26N2. The SMILES string of the molecule is CCC1CCCCC1N1CC(N)Cc2ccccc21. The zero-order valence-electron chi connectivity index (χ0n) is 12.0. The van der Waals surface area contributed by atoms with Crippen LogP contribution in [-0.2, 0) is 6.42 Å². The van der Waals surface area contributed by atoms with Gasteiger partial charge in [0.1, 0.15) is 0 Å². The van der Waals surface area contributed by atoms with Gasteiger partial charge in [0.25, 0.3) is 0 Å². The van der Waals surface area contributed by atoms with E-state index in [-0.39, 0.29) is 0 Å². The summed E-state index contributed by atoms with van der Waals surface area (Å²) in [6.07, 6.45) is 7.88. The Morgan fingerprint density at radius 3 is 2.84 bits per heavy atom. The lowest BCUT2D eigenvalue weighted by Gasteiger charge is -2.45. The molecule has 0 saturated heterocycles. The molecular weight excluding hydrogens is 232 g/mol. The van der Waals surface area contributed by atoms with Crippen LogP contribution in [0, 0.1) is 5.92 Å². The van der Waals surface area contributed by atoms with Crippen LogP contribution in [0.15, 0.2) is 24.3 Å². The van der Waals surface area contributed by atoms with Crippen molar-refractivity contribution in [1.82, 2.24) is 0 Å². The highest BCUT2D eigenvalue weighted by atomic mass is 15.2. The summed E-state index contributed by atoms with van der Waals surface area (Å²) in [5, 5.41) is 0. The van der Waals surface area contributed by atoms with E-state index in [4.69, 9.17) is 5.73 Å². The van der Waals surface area contributed by atoms with Crippen LogP contribution in [0.1, 0.15) is 44.6 Å². The summed E-state index contributed by atoms with van der Waals surface area (Å²) in [5.74, 6) is 0.854. The van der Waals surface area contributed by atoms with Crippen molar-refractivity contribution >= 4 is 5.69 Å². The Morgan fingerprint density at radius 2 is 2.00 bits per heavy atom. The van der Waals surface area contributed by atoms with E-state index in [1.807, 2.05) is 0 Å². The summed E-state index contributed by atoms with van der Waals surface area (Å²) < 4.78 is 0. The van der Waals surface area contributed by atoms with Gasteiger partial charge in [-0.25, -0.2) is 0 Å². The Morgan fingerprint density at radius 1 is 1.21 bits per heavy atom. The Bertz CT molecular complexity index is 429. The third kappa shape index (κ3) is 2.51. The topological polar surface area (TPSA) is 29.3 Å². The van der Waals surface area contributed by atoms with Crippen LogP contribution < -0.4 is 10.6 Å². The van der Waals surface area contributed by atoms with Crippen molar-refractivity contribution in [3.05, 3.63) is 29.8 Å². The molecule has 3 unspecified atom stereocenters. The van der Waals surface area contributed by atoms with E-state index in [0.29, 0.717) is 12.1 Å². The fourth-order valence-electron chi connectivity index (χ4n) is 4.05. The van der Waals surface area contributed by atoms with Crippen molar-refractivity contribution < 1.29 is 0 Å². The Labute approximate surface area is 117 Å². The largest absolute Gasteiger partial charge is 0.366 e. The Kier molecular flexibility index (Phi) is 3.79. The van der Waals surface area contributed by atoms with Gasteiger partial charge in [-0.3, -0.25) is 0 Å². The first-order valence-electron chi connectivity index (χ1n) is 7.89. The maximum Gasteiger partial charge on any atom is 0.0402 e. The molecule has 104 valence electrons. The van der Waals surface area contributed by atoms with Gasteiger partial charge in [-0.1, -0.05) is 44.4 Å². The number of fused-ring (bicyclic) bond motifs is 1. The lowest BCUT2D eigenvalue weighted by Crippen LogP contribution is -2.51. The van der Waals surface area contributed by atoms with Crippen LogP contribution in [0.4, 0.5) is 5.69 Å². The van der Waals surface area contributed by atoms with Crippen molar-refractivity contribution in [2.45, 2.75) is 57.5 Å². The van der Waals surface area contributed by atoms with Crippen molar-refractivity contribution in [2.24, 2.45) is 11.7 Å². The van der Waals surface area contributed by atoms with Crippen molar-refractivity contribution in [3.8, 4) is 0 Å². The highest BCUT2D eigenvalue weighted by Gasteiger charge is 2.33. The summed E-state index contributed by atoms with van der Waals surface area (Å²) in [5.41, 5.74) is 9.19. The van der Waals surface area contributed by atoms with Crippen LogP contribution >= 0.6 is 0 Å². The molecule has 0 aromatic heterocycles. The molecule has 2 nitrogen and oxygen atoms in total. The maximum absolute atomic E-state index is 6.29. The van der Waals surface area contributed by atoms with Crippen LogP contribution in [0.3, 0.4) is 0 Å². The Hall–Kier alpha value is -1.02. The molecule has 0 amide bonds. The molecule has 0 spiro atoms. The monoisotopic (exact) mass is 258 g/mol. The van der Waals surface area contributed by atoms with Gasteiger partial charge in [-0.15, -0.1) is 0 Å².